The fourth-order valence-electron chi connectivity index (χ4n) is 4.51. The Hall–Kier alpha value is -3.28. The van der Waals surface area contributed by atoms with Gasteiger partial charge < -0.3 is 19.3 Å². The first-order valence-corrected chi connectivity index (χ1v) is 10.6. The molecule has 2 aliphatic rings. The average Bonchev–Trinajstić information content (AvgIpc) is 2.78. The van der Waals surface area contributed by atoms with Gasteiger partial charge in [-0.1, -0.05) is 36.4 Å². The van der Waals surface area contributed by atoms with Gasteiger partial charge in [0.25, 0.3) is 0 Å². The highest BCUT2D eigenvalue weighted by atomic mass is 16.5. The molecule has 2 amide bonds. The predicted molar refractivity (Wildman–Crippen MR) is 118 cm³/mol. The van der Waals surface area contributed by atoms with Gasteiger partial charge in [0.2, 0.25) is 11.8 Å². The van der Waals surface area contributed by atoms with E-state index in [9.17, 15) is 9.59 Å². The van der Waals surface area contributed by atoms with Crippen LogP contribution in [0.4, 0.5) is 0 Å². The molecule has 6 nitrogen and oxygen atoms in total. The number of rotatable bonds is 5. The van der Waals surface area contributed by atoms with Crippen molar-refractivity contribution in [3.05, 3.63) is 72.3 Å². The molecule has 162 valence electrons. The van der Waals surface area contributed by atoms with Crippen molar-refractivity contribution in [1.29, 1.82) is 0 Å². The Balaban J connectivity index is 1.70. The Bertz CT molecular complexity index is 959. The SMILES string of the molecule is C=CCN1C[C@H]2COc3cc(OC)ccc3[C@H]2N(C(=O)Cc2ccccc2)CCC1=O. The van der Waals surface area contributed by atoms with Crippen LogP contribution in [0.5, 0.6) is 11.5 Å². The van der Waals surface area contributed by atoms with E-state index >= 15 is 0 Å². The fourth-order valence-corrected chi connectivity index (χ4v) is 4.51. The second kappa shape index (κ2) is 9.25. The number of ether oxygens (including phenoxy) is 2. The fraction of sp³-hybridized carbons (Fsp3) is 0.360. The summed E-state index contributed by atoms with van der Waals surface area (Å²) in [7, 11) is 1.62. The molecule has 1 saturated heterocycles. The van der Waals surface area contributed by atoms with Crippen molar-refractivity contribution in [2.75, 3.05) is 33.4 Å². The molecule has 0 spiro atoms. The lowest BCUT2D eigenvalue weighted by Gasteiger charge is -2.44. The van der Waals surface area contributed by atoms with Crippen molar-refractivity contribution >= 4 is 11.8 Å². The molecule has 4 rings (SSSR count). The van der Waals surface area contributed by atoms with E-state index in [1.807, 2.05) is 58.3 Å². The lowest BCUT2D eigenvalue weighted by Crippen LogP contribution is -2.51. The van der Waals surface area contributed by atoms with Gasteiger partial charge in [0.1, 0.15) is 11.5 Å². The van der Waals surface area contributed by atoms with Gasteiger partial charge in [0.05, 0.1) is 26.2 Å². The molecule has 2 aromatic carbocycles. The predicted octanol–water partition coefficient (Wildman–Crippen LogP) is 3.23. The van der Waals surface area contributed by atoms with Gasteiger partial charge in [-0.2, -0.15) is 0 Å². The van der Waals surface area contributed by atoms with Gasteiger partial charge in [0.15, 0.2) is 0 Å². The minimum atomic E-state index is -0.161. The normalized spacial score (nSPS) is 20.6. The second-order valence-electron chi connectivity index (χ2n) is 8.01. The molecular weight excluding hydrogens is 392 g/mol. The van der Waals surface area contributed by atoms with Gasteiger partial charge in [-0.3, -0.25) is 9.59 Å². The minimum Gasteiger partial charge on any atom is -0.497 e. The first kappa shape index (κ1) is 21.0. The largest absolute Gasteiger partial charge is 0.497 e. The second-order valence-corrected chi connectivity index (χ2v) is 8.01. The quantitative estimate of drug-likeness (QED) is 0.697. The number of carbonyl (C=O) groups is 2. The van der Waals surface area contributed by atoms with Crippen LogP contribution < -0.4 is 9.47 Å². The van der Waals surface area contributed by atoms with E-state index in [1.54, 1.807) is 13.2 Å². The van der Waals surface area contributed by atoms with Crippen molar-refractivity contribution in [2.24, 2.45) is 5.92 Å². The number of hydrogen-bond donors (Lipinski definition) is 0. The number of fused-ring (bicyclic) bond motifs is 3. The molecule has 1 fully saturated rings. The summed E-state index contributed by atoms with van der Waals surface area (Å²) in [5.41, 5.74) is 1.93. The first-order valence-electron chi connectivity index (χ1n) is 10.6. The molecule has 0 unspecified atom stereocenters. The van der Waals surface area contributed by atoms with Gasteiger partial charge in [-0.25, -0.2) is 0 Å². The zero-order valence-corrected chi connectivity index (χ0v) is 17.8. The third kappa shape index (κ3) is 4.43. The maximum absolute atomic E-state index is 13.5. The average molecular weight is 421 g/mol. The number of amides is 2. The molecule has 31 heavy (non-hydrogen) atoms. The highest BCUT2D eigenvalue weighted by Gasteiger charge is 2.40. The van der Waals surface area contributed by atoms with Gasteiger partial charge in [-0.15, -0.1) is 6.58 Å². The molecule has 2 aliphatic heterocycles. The zero-order valence-electron chi connectivity index (χ0n) is 17.8. The van der Waals surface area contributed by atoms with E-state index in [1.165, 1.54) is 0 Å². The van der Waals surface area contributed by atoms with Crippen LogP contribution in [0.3, 0.4) is 0 Å². The summed E-state index contributed by atoms with van der Waals surface area (Å²) >= 11 is 0. The van der Waals surface area contributed by atoms with E-state index in [0.29, 0.717) is 44.8 Å². The van der Waals surface area contributed by atoms with Crippen molar-refractivity contribution in [3.63, 3.8) is 0 Å². The molecule has 0 aromatic heterocycles. The van der Waals surface area contributed by atoms with Gasteiger partial charge in [-0.05, 0) is 17.7 Å². The molecule has 2 aromatic rings. The van der Waals surface area contributed by atoms with E-state index < -0.39 is 0 Å². The number of nitrogens with zero attached hydrogens (tertiary/aromatic N) is 2. The summed E-state index contributed by atoms with van der Waals surface area (Å²) in [4.78, 5) is 29.9. The molecule has 0 N–H and O–H groups in total. The number of benzene rings is 2. The van der Waals surface area contributed by atoms with Gasteiger partial charge >= 0.3 is 0 Å². The lowest BCUT2D eigenvalue weighted by molar-refractivity contribution is -0.141. The van der Waals surface area contributed by atoms with Crippen LogP contribution in [-0.2, 0) is 16.0 Å². The standard InChI is InChI=1S/C25H28N2O4/c1-3-12-26-16-19-17-31-22-15-20(30-2)9-10-21(22)25(19)27(13-11-23(26)28)24(29)14-18-7-5-4-6-8-18/h3-10,15,19,25H,1,11-14,16-17H2,2H3/t19-,25-/m0/s1. The van der Waals surface area contributed by atoms with E-state index in [-0.39, 0.29) is 23.8 Å². The van der Waals surface area contributed by atoms with Crippen LogP contribution in [0.1, 0.15) is 23.6 Å². The molecule has 0 bridgehead atoms. The molecule has 6 heteroatoms. The molecule has 2 heterocycles. The van der Waals surface area contributed by atoms with E-state index in [4.69, 9.17) is 9.47 Å². The summed E-state index contributed by atoms with van der Waals surface area (Å²) in [6, 6.07) is 15.3. The Morgan fingerprint density at radius 2 is 2.06 bits per heavy atom. The monoisotopic (exact) mass is 420 g/mol. The summed E-state index contributed by atoms with van der Waals surface area (Å²) in [6.07, 6.45) is 2.35. The first-order chi connectivity index (χ1) is 15.1. The Morgan fingerprint density at radius 1 is 1.26 bits per heavy atom. The summed E-state index contributed by atoms with van der Waals surface area (Å²) in [6.45, 7) is 5.62. The highest BCUT2D eigenvalue weighted by Crippen LogP contribution is 2.42. The van der Waals surface area contributed by atoms with Crippen molar-refractivity contribution in [2.45, 2.75) is 18.9 Å². The summed E-state index contributed by atoms with van der Waals surface area (Å²) in [5.74, 6) is 1.49. The van der Waals surface area contributed by atoms with Crippen LogP contribution in [0.2, 0.25) is 0 Å². The lowest BCUT2D eigenvalue weighted by atomic mass is 9.87. The van der Waals surface area contributed by atoms with Crippen LogP contribution in [0, 0.1) is 5.92 Å². The van der Waals surface area contributed by atoms with Crippen LogP contribution in [-0.4, -0.2) is 55.0 Å². The summed E-state index contributed by atoms with van der Waals surface area (Å²) < 4.78 is 11.4. The third-order valence-electron chi connectivity index (χ3n) is 6.02. The molecule has 2 atom stereocenters. The Morgan fingerprint density at radius 3 is 2.81 bits per heavy atom. The number of carbonyl (C=O) groups excluding carboxylic acids is 2. The maximum atomic E-state index is 13.5. The highest BCUT2D eigenvalue weighted by molar-refractivity contribution is 5.82. The number of methoxy groups -OCH3 is 1. The van der Waals surface area contributed by atoms with Gasteiger partial charge in [0, 0.05) is 43.6 Å². The van der Waals surface area contributed by atoms with Crippen molar-refractivity contribution in [1.82, 2.24) is 9.80 Å². The van der Waals surface area contributed by atoms with Crippen molar-refractivity contribution < 1.29 is 19.1 Å². The van der Waals surface area contributed by atoms with E-state index in [2.05, 4.69) is 6.58 Å². The molecule has 0 radical (unpaired) electrons. The summed E-state index contributed by atoms with van der Waals surface area (Å²) in [5, 5.41) is 0. The van der Waals surface area contributed by atoms with E-state index in [0.717, 1.165) is 16.9 Å². The molecule has 0 aliphatic carbocycles. The Labute approximate surface area is 183 Å². The zero-order chi connectivity index (χ0) is 21.8. The van der Waals surface area contributed by atoms with Crippen LogP contribution in [0.25, 0.3) is 0 Å². The van der Waals surface area contributed by atoms with Crippen molar-refractivity contribution in [3.8, 4) is 11.5 Å². The van der Waals surface area contributed by atoms with Crippen LogP contribution >= 0.6 is 0 Å². The maximum Gasteiger partial charge on any atom is 0.227 e. The molecule has 0 saturated carbocycles. The topological polar surface area (TPSA) is 59.1 Å². The third-order valence-corrected chi connectivity index (χ3v) is 6.02. The Kier molecular flexibility index (Phi) is 6.26. The van der Waals surface area contributed by atoms with Crippen LogP contribution in [0.15, 0.2) is 61.2 Å². The number of hydrogen-bond acceptors (Lipinski definition) is 4. The smallest absolute Gasteiger partial charge is 0.227 e. The molecular formula is C25H28N2O4. The minimum absolute atomic E-state index is 0.0230.